The van der Waals surface area contributed by atoms with Gasteiger partial charge in [0, 0.05) is 0 Å². The van der Waals surface area contributed by atoms with Crippen molar-refractivity contribution < 1.29 is 4.57 Å². The number of imidazole rings is 1. The first kappa shape index (κ1) is 45.2. The van der Waals surface area contributed by atoms with Gasteiger partial charge >= 0.3 is 0 Å². The molecule has 0 aliphatic carbocycles. The molecule has 48 heavy (non-hydrogen) atoms. The number of aromatic nitrogens is 2. The number of nitrogens with one attached hydrogen (secondary N) is 1. The van der Waals surface area contributed by atoms with Crippen LogP contribution in [-0.2, 0) is 0 Å². The highest BCUT2D eigenvalue weighted by molar-refractivity contribution is 4.90. The van der Waals surface area contributed by atoms with E-state index >= 15 is 0 Å². The average molecular weight is 672 g/mol. The molecule has 0 saturated heterocycles. The van der Waals surface area contributed by atoms with Crippen LogP contribution in [0.3, 0.4) is 0 Å². The summed E-state index contributed by atoms with van der Waals surface area (Å²) >= 11 is 0. The van der Waals surface area contributed by atoms with Gasteiger partial charge in [0.1, 0.15) is 12.4 Å². The van der Waals surface area contributed by atoms with E-state index in [1.165, 1.54) is 243 Å². The minimum Gasteiger partial charge on any atom is -0.247 e. The monoisotopic (exact) mass is 672 g/mol. The lowest BCUT2D eigenvalue weighted by molar-refractivity contribution is -0.727. The molecule has 0 radical (unpaired) electrons. The lowest BCUT2D eigenvalue weighted by atomic mass is 9.93. The molecular formula is C46H91N2+. The van der Waals surface area contributed by atoms with E-state index < -0.39 is 0 Å². The Bertz CT molecular complexity index is 738. The normalized spacial score (nSPS) is 13.0. The third-order valence-corrected chi connectivity index (χ3v) is 11.4. The zero-order valence-corrected chi connectivity index (χ0v) is 33.9. The van der Waals surface area contributed by atoms with Gasteiger partial charge in [-0.3, -0.25) is 0 Å². The maximum Gasteiger partial charge on any atom is 0.257 e. The summed E-state index contributed by atoms with van der Waals surface area (Å²) in [6.45, 7) is 9.44. The lowest BCUT2D eigenvalue weighted by Crippen LogP contribution is -2.41. The van der Waals surface area contributed by atoms with Gasteiger partial charge in [-0.05, 0) is 32.6 Å². The van der Waals surface area contributed by atoms with Crippen molar-refractivity contribution in [3.8, 4) is 0 Å². The molecule has 1 aromatic heterocycles. The van der Waals surface area contributed by atoms with E-state index in [2.05, 4.69) is 49.6 Å². The molecule has 1 aromatic rings. The number of H-pyrrole nitrogens is 1. The Morgan fingerprint density at radius 3 is 1.00 bits per heavy atom. The third-order valence-electron chi connectivity index (χ3n) is 11.4. The summed E-state index contributed by atoms with van der Waals surface area (Å²) in [6.07, 6.45) is 57.6. The predicted octanol–water partition coefficient (Wildman–Crippen LogP) is 16.4. The van der Waals surface area contributed by atoms with Crippen molar-refractivity contribution in [1.29, 1.82) is 0 Å². The summed E-state index contributed by atoms with van der Waals surface area (Å²) in [5.74, 6) is 2.24. The van der Waals surface area contributed by atoms with Crippen LogP contribution in [0.15, 0.2) is 12.4 Å². The van der Waals surface area contributed by atoms with Crippen LogP contribution in [0.5, 0.6) is 0 Å². The number of nitrogens with zero attached hydrogens (tertiary/aromatic N) is 1. The average Bonchev–Trinajstić information content (AvgIpc) is 3.59. The van der Waals surface area contributed by atoms with Crippen LogP contribution in [0.25, 0.3) is 0 Å². The van der Waals surface area contributed by atoms with Crippen molar-refractivity contribution in [2.75, 3.05) is 0 Å². The Hall–Kier alpha value is -0.790. The molecule has 284 valence electrons. The highest BCUT2D eigenvalue weighted by atomic mass is 15.1. The number of rotatable bonds is 39. The first-order valence-corrected chi connectivity index (χ1v) is 22.8. The van der Waals surface area contributed by atoms with Crippen LogP contribution >= 0.6 is 0 Å². The highest BCUT2D eigenvalue weighted by Gasteiger charge is 2.25. The van der Waals surface area contributed by atoms with E-state index in [4.69, 9.17) is 0 Å². The molecule has 0 spiro atoms. The zero-order chi connectivity index (χ0) is 34.6. The molecule has 1 N–H and O–H groups in total. The van der Waals surface area contributed by atoms with Gasteiger partial charge in [0.15, 0.2) is 0 Å². The number of hydrogen-bond donors (Lipinski definition) is 1. The fraction of sp³-hybridized carbons (Fsp3) is 0.935. The molecule has 2 atom stereocenters. The zero-order valence-electron chi connectivity index (χ0n) is 33.9. The smallest absolute Gasteiger partial charge is 0.247 e. The molecule has 0 aromatic carbocycles. The number of aromatic amines is 1. The summed E-state index contributed by atoms with van der Waals surface area (Å²) in [7, 11) is 0. The summed E-state index contributed by atoms with van der Waals surface area (Å²) in [5.41, 5.74) is 0. The molecule has 2 nitrogen and oxygen atoms in total. The van der Waals surface area contributed by atoms with E-state index in [0.29, 0.717) is 12.0 Å². The quantitative estimate of drug-likeness (QED) is 0.0531. The second-order valence-corrected chi connectivity index (χ2v) is 16.1. The topological polar surface area (TPSA) is 19.7 Å². The largest absolute Gasteiger partial charge is 0.257 e. The molecule has 0 saturated carbocycles. The van der Waals surface area contributed by atoms with Gasteiger partial charge in [0.25, 0.3) is 5.82 Å². The fourth-order valence-corrected chi connectivity index (χ4v) is 8.02. The molecular weight excluding hydrogens is 581 g/mol. The van der Waals surface area contributed by atoms with Gasteiger partial charge in [0.05, 0.1) is 12.0 Å². The van der Waals surface area contributed by atoms with Crippen molar-refractivity contribution in [3.05, 3.63) is 18.2 Å². The van der Waals surface area contributed by atoms with E-state index in [9.17, 15) is 0 Å². The maximum absolute atomic E-state index is 3.75. The molecule has 0 amide bonds. The van der Waals surface area contributed by atoms with Gasteiger partial charge in [-0.15, -0.1) is 0 Å². The standard InChI is InChI=1S/C46H90N2/c1-5-8-11-14-16-18-20-22-24-25-27-29-31-33-35-38-41-45(40-37-13-10-7-3)46-47-42-43-48(46)44(4)39-36-34-32-30-28-26-23-21-19-17-15-12-9-6-2/h42-45H,5-41H2,1-4H3/p+1. The summed E-state index contributed by atoms with van der Waals surface area (Å²) in [5, 5.41) is 0. The second kappa shape index (κ2) is 36.0. The second-order valence-electron chi connectivity index (χ2n) is 16.1. The molecule has 1 rings (SSSR count). The van der Waals surface area contributed by atoms with Crippen LogP contribution in [0, 0.1) is 0 Å². The highest BCUT2D eigenvalue weighted by Crippen LogP contribution is 2.27. The Labute approximate surface area is 304 Å². The van der Waals surface area contributed by atoms with Crippen molar-refractivity contribution in [3.63, 3.8) is 0 Å². The Morgan fingerprint density at radius 2 is 0.667 bits per heavy atom. The van der Waals surface area contributed by atoms with Crippen LogP contribution in [0.4, 0.5) is 0 Å². The van der Waals surface area contributed by atoms with Crippen LogP contribution < -0.4 is 4.57 Å². The van der Waals surface area contributed by atoms with E-state index in [1.54, 1.807) is 0 Å². The molecule has 0 bridgehead atoms. The minimum absolute atomic E-state index is 0.618. The fourth-order valence-electron chi connectivity index (χ4n) is 8.02. The number of hydrogen-bond acceptors (Lipinski definition) is 0. The maximum atomic E-state index is 3.75. The van der Waals surface area contributed by atoms with Gasteiger partial charge in [0.2, 0.25) is 0 Å². The number of unbranched alkanes of at least 4 members (excludes halogenated alkanes) is 31. The summed E-state index contributed by atoms with van der Waals surface area (Å²) in [4.78, 5) is 3.75. The SMILES string of the molecule is CCCCCCCCCCCCCCCCCCC(CCCCCC)c1[nH]cc[n+]1C(C)CCCCCCCCCCCCCCCC. The van der Waals surface area contributed by atoms with Gasteiger partial charge < -0.3 is 0 Å². The van der Waals surface area contributed by atoms with Crippen molar-refractivity contribution in [1.82, 2.24) is 4.98 Å². The predicted molar refractivity (Wildman–Crippen MR) is 216 cm³/mol. The molecule has 0 aliphatic rings. The Balaban J connectivity index is 2.21. The summed E-state index contributed by atoms with van der Waals surface area (Å²) < 4.78 is 2.64. The van der Waals surface area contributed by atoms with E-state index in [0.717, 1.165) is 0 Å². The lowest BCUT2D eigenvalue weighted by Gasteiger charge is -2.17. The van der Waals surface area contributed by atoms with E-state index in [-0.39, 0.29) is 0 Å². The Morgan fingerprint density at radius 1 is 0.396 bits per heavy atom. The minimum atomic E-state index is 0.618. The molecule has 0 fully saturated rings. The van der Waals surface area contributed by atoms with Crippen molar-refractivity contribution in [2.45, 2.75) is 277 Å². The van der Waals surface area contributed by atoms with Crippen LogP contribution in [0.1, 0.15) is 283 Å². The molecule has 1 heterocycles. The first-order valence-electron chi connectivity index (χ1n) is 22.8. The van der Waals surface area contributed by atoms with Crippen molar-refractivity contribution in [2.24, 2.45) is 0 Å². The van der Waals surface area contributed by atoms with Crippen molar-refractivity contribution >= 4 is 0 Å². The molecule has 0 aliphatic heterocycles. The Kier molecular flexibility index (Phi) is 33.9. The van der Waals surface area contributed by atoms with Crippen LogP contribution in [-0.4, -0.2) is 4.98 Å². The van der Waals surface area contributed by atoms with Crippen LogP contribution in [0.2, 0.25) is 0 Å². The molecule has 2 heteroatoms. The van der Waals surface area contributed by atoms with Gasteiger partial charge in [-0.1, -0.05) is 233 Å². The molecule has 2 unspecified atom stereocenters. The van der Waals surface area contributed by atoms with Gasteiger partial charge in [-0.25, -0.2) is 9.55 Å². The van der Waals surface area contributed by atoms with E-state index in [1.807, 2.05) is 0 Å². The van der Waals surface area contributed by atoms with Gasteiger partial charge in [-0.2, -0.15) is 0 Å². The third kappa shape index (κ3) is 27.0. The summed E-state index contributed by atoms with van der Waals surface area (Å²) in [6, 6.07) is 0.618. The first-order chi connectivity index (χ1) is 23.7.